The number of rotatable bonds is 0. The molecule has 0 unspecified atom stereocenters. The highest BCUT2D eigenvalue weighted by atomic mass is 32.2. The second kappa shape index (κ2) is 27.9. The average molecular weight is 726 g/mol. The van der Waals surface area contributed by atoms with Gasteiger partial charge < -0.3 is 15.4 Å². The maximum absolute atomic E-state index is 5.36. The lowest BCUT2D eigenvalue weighted by atomic mass is 10.0. The van der Waals surface area contributed by atoms with Gasteiger partial charge >= 0.3 is 0 Å². The van der Waals surface area contributed by atoms with Crippen molar-refractivity contribution >= 4 is 33.9 Å². The van der Waals surface area contributed by atoms with Crippen molar-refractivity contribution in [3.05, 3.63) is 164 Å². The molecule has 2 N–H and O–H groups in total. The van der Waals surface area contributed by atoms with Crippen molar-refractivity contribution in [2.45, 2.75) is 75.5 Å². The minimum atomic E-state index is 0.775. The van der Waals surface area contributed by atoms with E-state index in [0.717, 1.165) is 31.1 Å². The Labute approximate surface area is 323 Å². The molecule has 4 aliphatic rings. The number of nitrogens with one attached hydrogen (secondary N) is 2. The molecular weight excluding hydrogens is 667 g/mol. The van der Waals surface area contributed by atoms with Crippen LogP contribution in [0.3, 0.4) is 0 Å². The van der Waals surface area contributed by atoms with E-state index in [0.29, 0.717) is 0 Å². The Hall–Kier alpha value is -4.74. The number of hydrogen-bond acceptors (Lipinski definition) is 5. The van der Waals surface area contributed by atoms with Gasteiger partial charge in [-0.2, -0.15) is 0 Å². The molecule has 2 fully saturated rings. The molecule has 5 heteroatoms. The van der Waals surface area contributed by atoms with E-state index in [1.807, 2.05) is 90.6 Å². The first kappa shape index (κ1) is 41.0. The molecule has 0 spiro atoms. The lowest BCUT2D eigenvalue weighted by molar-refractivity contribution is 0.323. The fraction of sp³-hybridized carbons (Fsp3) is 0.312. The average Bonchev–Trinajstić information content (AvgIpc) is 3.88. The summed E-state index contributed by atoms with van der Waals surface area (Å²) in [6.07, 6.45) is 20.0. The molecule has 4 nitrogen and oxygen atoms in total. The molecule has 0 atom stereocenters. The molecule has 5 aromatic carbocycles. The number of fused-ring (bicyclic) bond motifs is 3. The van der Waals surface area contributed by atoms with Crippen LogP contribution in [0.2, 0.25) is 0 Å². The molecule has 2 aliphatic carbocycles. The Kier molecular flexibility index (Phi) is 21.6. The number of para-hydroxylation sites is 3. The van der Waals surface area contributed by atoms with E-state index in [9.17, 15) is 0 Å². The van der Waals surface area contributed by atoms with Crippen LogP contribution in [0, 0.1) is 0 Å². The highest BCUT2D eigenvalue weighted by molar-refractivity contribution is 7.99. The summed E-state index contributed by atoms with van der Waals surface area (Å²) in [4.78, 5) is 5.17. The lowest BCUT2D eigenvalue weighted by Crippen LogP contribution is -2.17. The summed E-state index contributed by atoms with van der Waals surface area (Å²) < 4.78 is 5.36. The summed E-state index contributed by atoms with van der Waals surface area (Å²) in [5.74, 6) is 2.16. The maximum Gasteiger partial charge on any atom is 0.142 e. The van der Waals surface area contributed by atoms with Gasteiger partial charge in [-0.05, 0) is 47.2 Å². The second-order valence-electron chi connectivity index (χ2n) is 13.0. The number of thioether (sulfide) groups is 1. The van der Waals surface area contributed by atoms with Gasteiger partial charge in [0.2, 0.25) is 0 Å². The van der Waals surface area contributed by atoms with Crippen molar-refractivity contribution < 1.29 is 4.74 Å². The van der Waals surface area contributed by atoms with Crippen LogP contribution in [-0.2, 0) is 0 Å². The van der Waals surface area contributed by atoms with E-state index in [2.05, 4.69) is 88.4 Å². The molecule has 10 rings (SSSR count). The van der Waals surface area contributed by atoms with Crippen molar-refractivity contribution in [2.75, 3.05) is 36.1 Å². The van der Waals surface area contributed by atoms with E-state index >= 15 is 0 Å². The molecule has 278 valence electrons. The quantitative estimate of drug-likeness (QED) is 0.163. The normalized spacial score (nSPS) is 14.4. The number of benzene rings is 5. The molecule has 3 heterocycles. The van der Waals surface area contributed by atoms with Crippen LogP contribution in [0.4, 0.5) is 11.4 Å². The van der Waals surface area contributed by atoms with Gasteiger partial charge in [0, 0.05) is 41.8 Å². The number of anilines is 2. The van der Waals surface area contributed by atoms with E-state index in [-0.39, 0.29) is 0 Å². The topological polar surface area (TPSA) is 46.2 Å². The zero-order valence-electron chi connectivity index (χ0n) is 31.5. The van der Waals surface area contributed by atoms with Crippen LogP contribution < -0.4 is 15.4 Å². The first-order chi connectivity index (χ1) is 26.4. The summed E-state index contributed by atoms with van der Waals surface area (Å²) in [7, 11) is 0. The number of pyridine rings is 1. The Bertz CT molecular complexity index is 1450. The summed E-state index contributed by atoms with van der Waals surface area (Å²) in [6, 6.07) is 50.8. The third kappa shape index (κ3) is 18.5. The van der Waals surface area contributed by atoms with Gasteiger partial charge in [0.1, 0.15) is 12.4 Å². The van der Waals surface area contributed by atoms with Crippen molar-refractivity contribution in [3.63, 3.8) is 0 Å². The van der Waals surface area contributed by atoms with Crippen LogP contribution in [0.15, 0.2) is 169 Å². The minimum absolute atomic E-state index is 0.775. The first-order valence-corrected chi connectivity index (χ1v) is 20.6. The number of aromatic nitrogens is 1. The van der Waals surface area contributed by atoms with Gasteiger partial charge in [-0.25, -0.2) is 0 Å². The summed E-state index contributed by atoms with van der Waals surface area (Å²) in [5, 5.41) is 9.20. The van der Waals surface area contributed by atoms with Gasteiger partial charge in [-0.3, -0.25) is 4.98 Å². The summed E-state index contributed by atoms with van der Waals surface area (Å²) >= 11 is 1.93. The van der Waals surface area contributed by atoms with E-state index in [4.69, 9.17) is 4.74 Å². The standard InChI is InChI=1S/C10H8.C8H9NO.C8H9NS.C6H12.C6H6.C5H5N.C5H10/c1-2-6-10-8-4-3-7-9(10)5-1;2*1-2-4-8-7(3-1)9-5-6-10-8;3*1-2-4-6-5-3-1;1-2-4-5-3-1/h1-8H;2*1-4,9H,5-6H2;1-6H2;1-6H;1-5H;1-5H2. The molecule has 1 aromatic heterocycles. The van der Waals surface area contributed by atoms with Crippen molar-refractivity contribution in [2.24, 2.45) is 0 Å². The Morgan fingerprint density at radius 3 is 1.26 bits per heavy atom. The number of hydrogen-bond donors (Lipinski definition) is 2. The van der Waals surface area contributed by atoms with Gasteiger partial charge in [0.15, 0.2) is 0 Å². The monoisotopic (exact) mass is 725 g/mol. The molecular formula is C48H59N3OS. The van der Waals surface area contributed by atoms with E-state index in [1.165, 1.54) is 97.7 Å². The van der Waals surface area contributed by atoms with Gasteiger partial charge in [-0.15, -0.1) is 11.8 Å². The predicted molar refractivity (Wildman–Crippen MR) is 231 cm³/mol. The zero-order chi connectivity index (χ0) is 36.7. The smallest absolute Gasteiger partial charge is 0.142 e. The van der Waals surface area contributed by atoms with Crippen LogP contribution in [0.5, 0.6) is 5.75 Å². The van der Waals surface area contributed by atoms with Crippen molar-refractivity contribution in [1.29, 1.82) is 0 Å². The van der Waals surface area contributed by atoms with Crippen molar-refractivity contribution in [1.82, 2.24) is 4.98 Å². The highest BCUT2D eigenvalue weighted by Gasteiger charge is 2.06. The fourth-order valence-electron chi connectivity index (χ4n) is 5.95. The van der Waals surface area contributed by atoms with Crippen LogP contribution >= 0.6 is 11.8 Å². The summed E-state index contributed by atoms with van der Waals surface area (Å²) in [6.45, 7) is 2.79. The van der Waals surface area contributed by atoms with Gasteiger partial charge in [0.25, 0.3) is 0 Å². The maximum atomic E-state index is 5.36. The second-order valence-corrected chi connectivity index (χ2v) is 14.1. The molecule has 0 bridgehead atoms. The van der Waals surface area contributed by atoms with Gasteiger partial charge in [-0.1, -0.05) is 186 Å². The predicted octanol–water partition coefficient (Wildman–Crippen LogP) is 13.6. The third-order valence-corrected chi connectivity index (χ3v) is 9.84. The molecule has 0 amide bonds. The van der Waals surface area contributed by atoms with Crippen LogP contribution in [0.1, 0.15) is 70.6 Å². The molecule has 2 saturated carbocycles. The molecule has 0 saturated heterocycles. The fourth-order valence-corrected chi connectivity index (χ4v) is 6.84. The SMILES string of the molecule is C1CCCC1.C1CCCCC1.c1ccc2c(c1)NCCO2.c1ccc2c(c1)NCCS2.c1ccc2ccccc2c1.c1ccccc1.c1ccncc1. The Morgan fingerprint density at radius 1 is 0.415 bits per heavy atom. The van der Waals surface area contributed by atoms with Gasteiger partial charge in [0.05, 0.1) is 5.69 Å². The third-order valence-electron chi connectivity index (χ3n) is 8.77. The van der Waals surface area contributed by atoms with E-state index in [1.54, 1.807) is 12.4 Å². The Balaban J connectivity index is 0.000000141. The first-order valence-electron chi connectivity index (χ1n) is 19.6. The Morgan fingerprint density at radius 2 is 0.830 bits per heavy atom. The van der Waals surface area contributed by atoms with E-state index < -0.39 is 0 Å². The number of nitrogens with zero attached hydrogens (tertiary/aromatic N) is 1. The largest absolute Gasteiger partial charge is 0.490 e. The highest BCUT2D eigenvalue weighted by Crippen LogP contribution is 2.29. The van der Waals surface area contributed by atoms with Crippen LogP contribution in [0.25, 0.3) is 10.8 Å². The molecule has 6 aromatic rings. The summed E-state index contributed by atoms with van der Waals surface area (Å²) in [5.41, 5.74) is 2.40. The minimum Gasteiger partial charge on any atom is -0.490 e. The number of ether oxygens (including phenoxy) is 1. The molecule has 53 heavy (non-hydrogen) atoms. The lowest BCUT2D eigenvalue weighted by Gasteiger charge is -2.17. The van der Waals surface area contributed by atoms with Crippen LogP contribution in [-0.4, -0.2) is 30.4 Å². The van der Waals surface area contributed by atoms with Crippen molar-refractivity contribution in [3.8, 4) is 5.75 Å². The molecule has 2 aliphatic heterocycles. The zero-order valence-corrected chi connectivity index (χ0v) is 32.3. The molecule has 0 radical (unpaired) electrons.